The van der Waals surface area contributed by atoms with Gasteiger partial charge in [-0.2, -0.15) is 5.11 Å². The number of aromatic nitrogens is 3. The zero-order valence-corrected chi connectivity index (χ0v) is 23.6. The van der Waals surface area contributed by atoms with E-state index < -0.39 is 5.82 Å². The van der Waals surface area contributed by atoms with Crippen LogP contribution >= 0.6 is 0 Å². The standard InChI is InChI=1S/C30H32FN9O2/c1-5-27(41)36-19-12-17(2)14-40(15-19)26-11-9-23-29(38-26)30(35-16-34-23)37-22-8-10-25(18(3)28(22)31)42-20-6-7-21(33-4)24(13-20)39-32/h5-11,13,16-17,19,32-33H,1,12,14-15H2,2-4H3,(H,36,41)(H,34,35,37)/t17-,19?/m0/s1. The summed E-state index contributed by atoms with van der Waals surface area (Å²) >= 11 is 0. The van der Waals surface area contributed by atoms with Gasteiger partial charge in [0.25, 0.3) is 0 Å². The Kier molecular flexibility index (Phi) is 8.23. The van der Waals surface area contributed by atoms with Crippen LogP contribution in [-0.4, -0.2) is 47.0 Å². The molecule has 0 saturated carbocycles. The highest BCUT2D eigenvalue weighted by Gasteiger charge is 2.27. The van der Waals surface area contributed by atoms with Crippen LogP contribution in [0.1, 0.15) is 18.9 Å². The van der Waals surface area contributed by atoms with Crippen molar-refractivity contribution >= 4 is 45.6 Å². The number of anilines is 4. The van der Waals surface area contributed by atoms with Crippen LogP contribution in [0.25, 0.3) is 11.0 Å². The van der Waals surface area contributed by atoms with Crippen LogP contribution in [0.3, 0.4) is 0 Å². The average molecular weight is 570 g/mol. The van der Waals surface area contributed by atoms with Crippen molar-refractivity contribution in [2.45, 2.75) is 26.3 Å². The molecule has 1 amide bonds. The summed E-state index contributed by atoms with van der Waals surface area (Å²) < 4.78 is 21.5. The van der Waals surface area contributed by atoms with Crippen LogP contribution in [0.15, 0.2) is 66.6 Å². The molecule has 1 fully saturated rings. The van der Waals surface area contributed by atoms with Crippen molar-refractivity contribution in [1.29, 1.82) is 5.53 Å². The van der Waals surface area contributed by atoms with E-state index in [1.807, 2.05) is 12.1 Å². The van der Waals surface area contributed by atoms with Gasteiger partial charge in [-0.15, -0.1) is 0 Å². The largest absolute Gasteiger partial charge is 0.457 e. The number of fused-ring (bicyclic) bond motifs is 1. The van der Waals surface area contributed by atoms with E-state index in [1.54, 1.807) is 44.3 Å². The average Bonchev–Trinajstić information content (AvgIpc) is 3.00. The monoisotopic (exact) mass is 569 g/mol. The first-order valence-electron chi connectivity index (χ1n) is 13.5. The number of ether oxygens (including phenoxy) is 1. The van der Waals surface area contributed by atoms with E-state index >= 15 is 4.39 Å². The molecule has 0 aliphatic carbocycles. The minimum Gasteiger partial charge on any atom is -0.457 e. The topological polar surface area (TPSA) is 141 Å². The van der Waals surface area contributed by atoms with Gasteiger partial charge >= 0.3 is 0 Å². The molecule has 42 heavy (non-hydrogen) atoms. The lowest BCUT2D eigenvalue weighted by Crippen LogP contribution is -2.50. The number of piperidine rings is 1. The quantitative estimate of drug-likeness (QED) is 0.137. The Morgan fingerprint density at radius 2 is 2.00 bits per heavy atom. The Balaban J connectivity index is 1.40. The highest BCUT2D eigenvalue weighted by molar-refractivity contribution is 5.88. The molecule has 4 aromatic rings. The fourth-order valence-electron chi connectivity index (χ4n) is 5.11. The first-order chi connectivity index (χ1) is 20.3. The van der Waals surface area contributed by atoms with Crippen LogP contribution in [0, 0.1) is 24.2 Å². The molecule has 0 spiro atoms. The molecular weight excluding hydrogens is 537 g/mol. The number of amides is 1. The van der Waals surface area contributed by atoms with Crippen molar-refractivity contribution in [2.75, 3.05) is 35.7 Å². The second kappa shape index (κ2) is 12.2. The van der Waals surface area contributed by atoms with Crippen molar-refractivity contribution in [1.82, 2.24) is 20.3 Å². The third-order valence-electron chi connectivity index (χ3n) is 7.16. The van der Waals surface area contributed by atoms with Crippen molar-refractivity contribution in [2.24, 2.45) is 11.0 Å². The van der Waals surface area contributed by atoms with E-state index in [1.165, 1.54) is 12.4 Å². The summed E-state index contributed by atoms with van der Waals surface area (Å²) in [6, 6.07) is 12.0. The number of nitrogens with one attached hydrogen (secondary N) is 4. The SMILES string of the molecule is C=CC(=O)NC1C[C@H](C)CN(c2ccc3ncnc(Nc4ccc(Oc5ccc(NC)c(N=N)c5)c(C)c4F)c3n2)C1. The van der Waals surface area contributed by atoms with E-state index in [9.17, 15) is 4.79 Å². The number of carbonyl (C=O) groups is 1. The minimum absolute atomic E-state index is 0.0339. The third-order valence-corrected chi connectivity index (χ3v) is 7.16. The molecule has 0 radical (unpaired) electrons. The van der Waals surface area contributed by atoms with Crippen LogP contribution in [0.5, 0.6) is 11.5 Å². The van der Waals surface area contributed by atoms with Gasteiger partial charge in [-0.1, -0.05) is 13.5 Å². The summed E-state index contributed by atoms with van der Waals surface area (Å²) in [6.45, 7) is 8.68. The summed E-state index contributed by atoms with van der Waals surface area (Å²) in [7, 11) is 1.74. The van der Waals surface area contributed by atoms with Gasteiger partial charge < -0.3 is 25.6 Å². The number of benzene rings is 2. The molecule has 1 saturated heterocycles. The number of halogens is 1. The number of hydrogen-bond donors (Lipinski definition) is 4. The van der Waals surface area contributed by atoms with E-state index in [4.69, 9.17) is 15.3 Å². The van der Waals surface area contributed by atoms with Gasteiger partial charge in [0.15, 0.2) is 11.6 Å². The summed E-state index contributed by atoms with van der Waals surface area (Å²) in [5, 5.41) is 12.5. The molecule has 2 aromatic heterocycles. The predicted molar refractivity (Wildman–Crippen MR) is 161 cm³/mol. The van der Waals surface area contributed by atoms with E-state index in [-0.39, 0.29) is 17.6 Å². The van der Waals surface area contributed by atoms with Gasteiger partial charge in [0.05, 0.1) is 16.9 Å². The van der Waals surface area contributed by atoms with Crippen LogP contribution in [0.4, 0.5) is 33.1 Å². The lowest BCUT2D eigenvalue weighted by Gasteiger charge is -2.37. The van der Waals surface area contributed by atoms with Crippen LogP contribution in [-0.2, 0) is 4.79 Å². The summed E-state index contributed by atoms with van der Waals surface area (Å²) in [5.41, 5.74) is 10.1. The molecule has 216 valence electrons. The van der Waals surface area contributed by atoms with Crippen LogP contribution < -0.4 is 25.6 Å². The van der Waals surface area contributed by atoms with Crippen molar-refractivity contribution in [3.63, 3.8) is 0 Å². The molecule has 2 aromatic carbocycles. The Labute approximate surface area is 242 Å². The maximum absolute atomic E-state index is 15.6. The lowest BCUT2D eigenvalue weighted by molar-refractivity contribution is -0.117. The second-order valence-corrected chi connectivity index (χ2v) is 10.2. The number of hydrogen-bond acceptors (Lipinski definition) is 10. The smallest absolute Gasteiger partial charge is 0.243 e. The van der Waals surface area contributed by atoms with Crippen LogP contribution in [0.2, 0.25) is 0 Å². The molecular formula is C30H32FN9O2. The minimum atomic E-state index is -0.502. The summed E-state index contributed by atoms with van der Waals surface area (Å²) in [4.78, 5) is 27.6. The van der Waals surface area contributed by atoms with E-state index in [2.05, 4.69) is 49.4 Å². The molecule has 3 heterocycles. The molecule has 4 N–H and O–H groups in total. The molecule has 5 rings (SSSR count). The Bertz CT molecular complexity index is 1660. The predicted octanol–water partition coefficient (Wildman–Crippen LogP) is 6.23. The zero-order chi connectivity index (χ0) is 29.8. The molecule has 1 aliphatic rings. The van der Waals surface area contributed by atoms with Gasteiger partial charge in [-0.3, -0.25) is 4.79 Å². The fraction of sp³-hybridized carbons (Fsp3) is 0.267. The normalized spacial score (nSPS) is 16.5. The summed E-state index contributed by atoms with van der Waals surface area (Å²) in [6.07, 6.45) is 3.54. The Morgan fingerprint density at radius 1 is 1.19 bits per heavy atom. The summed E-state index contributed by atoms with van der Waals surface area (Å²) in [5.74, 6) is 1.47. The van der Waals surface area contributed by atoms with Crippen molar-refractivity contribution in [3.05, 3.63) is 72.8 Å². The molecule has 2 atom stereocenters. The van der Waals surface area contributed by atoms with Gasteiger partial charge in [0.1, 0.15) is 34.8 Å². The molecule has 0 bridgehead atoms. The number of nitrogens with zero attached hydrogens (tertiary/aromatic N) is 5. The zero-order valence-electron chi connectivity index (χ0n) is 23.6. The molecule has 1 aliphatic heterocycles. The lowest BCUT2D eigenvalue weighted by atomic mass is 9.96. The number of rotatable bonds is 9. The Hall–Kier alpha value is -5.13. The van der Waals surface area contributed by atoms with Gasteiger partial charge in [0, 0.05) is 37.8 Å². The molecule has 1 unspecified atom stereocenters. The van der Waals surface area contributed by atoms with Crippen molar-refractivity contribution < 1.29 is 13.9 Å². The molecule has 12 heteroatoms. The van der Waals surface area contributed by atoms with E-state index in [0.717, 1.165) is 13.0 Å². The third kappa shape index (κ3) is 5.97. The highest BCUT2D eigenvalue weighted by atomic mass is 19.1. The number of carbonyl (C=O) groups excluding carboxylic acids is 1. The molecule has 11 nitrogen and oxygen atoms in total. The van der Waals surface area contributed by atoms with Gasteiger partial charge in [-0.05, 0) is 61.7 Å². The maximum Gasteiger partial charge on any atom is 0.243 e. The van der Waals surface area contributed by atoms with E-state index in [0.29, 0.717) is 63.6 Å². The van der Waals surface area contributed by atoms with Gasteiger partial charge in [-0.25, -0.2) is 24.9 Å². The second-order valence-electron chi connectivity index (χ2n) is 10.2. The first-order valence-corrected chi connectivity index (χ1v) is 13.5. The number of pyridine rings is 1. The maximum atomic E-state index is 15.6. The first kappa shape index (κ1) is 28.4. The highest BCUT2D eigenvalue weighted by Crippen LogP contribution is 2.36. The van der Waals surface area contributed by atoms with Gasteiger partial charge in [0.2, 0.25) is 5.91 Å². The Morgan fingerprint density at radius 3 is 2.76 bits per heavy atom. The fourth-order valence-corrected chi connectivity index (χ4v) is 5.11. The van der Waals surface area contributed by atoms with Crippen molar-refractivity contribution in [3.8, 4) is 11.5 Å².